The van der Waals surface area contributed by atoms with Crippen molar-refractivity contribution in [3.63, 3.8) is 0 Å². The molecular weight excluding hydrogens is 442 g/mol. The van der Waals surface area contributed by atoms with E-state index in [0.29, 0.717) is 17.7 Å². The molecule has 198 valence electrons. The monoisotopic (exact) mass is 489 g/mol. The van der Waals surface area contributed by atoms with Crippen molar-refractivity contribution >= 4 is 17.7 Å². The number of esters is 1. The SMILES string of the molecule is CCCCCCCCC(C)C(Oc1ccc(C(=O)CCCCCCC)cc1)C(=O)OC(C)C(N)=O. The van der Waals surface area contributed by atoms with Gasteiger partial charge < -0.3 is 15.2 Å². The van der Waals surface area contributed by atoms with Gasteiger partial charge in [-0.2, -0.15) is 0 Å². The lowest BCUT2D eigenvalue weighted by Gasteiger charge is -2.25. The predicted octanol–water partition coefficient (Wildman–Crippen LogP) is 6.78. The van der Waals surface area contributed by atoms with Crippen LogP contribution in [0.3, 0.4) is 0 Å². The zero-order valence-electron chi connectivity index (χ0n) is 22.4. The molecule has 0 aliphatic rings. The number of primary amides is 1. The largest absolute Gasteiger partial charge is 0.478 e. The van der Waals surface area contributed by atoms with Crippen LogP contribution in [-0.4, -0.2) is 29.9 Å². The summed E-state index contributed by atoms with van der Waals surface area (Å²) in [7, 11) is 0. The quantitative estimate of drug-likeness (QED) is 0.124. The Morgan fingerprint density at radius 3 is 1.91 bits per heavy atom. The molecule has 0 aromatic heterocycles. The summed E-state index contributed by atoms with van der Waals surface area (Å²) in [6.07, 6.45) is 12.0. The van der Waals surface area contributed by atoms with Gasteiger partial charge in [-0.25, -0.2) is 4.79 Å². The maximum atomic E-state index is 12.8. The molecule has 1 rings (SSSR count). The van der Waals surface area contributed by atoms with Gasteiger partial charge in [-0.1, -0.05) is 85.0 Å². The van der Waals surface area contributed by atoms with Crippen molar-refractivity contribution in [2.45, 2.75) is 123 Å². The molecule has 6 nitrogen and oxygen atoms in total. The highest BCUT2D eigenvalue weighted by Crippen LogP contribution is 2.23. The first-order chi connectivity index (χ1) is 16.8. The highest BCUT2D eigenvalue weighted by atomic mass is 16.6. The summed E-state index contributed by atoms with van der Waals surface area (Å²) in [5.74, 6) is -0.776. The first-order valence-electron chi connectivity index (χ1n) is 13.6. The number of ether oxygens (including phenoxy) is 2. The number of benzene rings is 1. The number of unbranched alkanes of at least 4 members (excludes halogenated alkanes) is 9. The molecule has 1 aromatic rings. The van der Waals surface area contributed by atoms with E-state index in [2.05, 4.69) is 13.8 Å². The number of nitrogens with two attached hydrogens (primary N) is 1. The average Bonchev–Trinajstić information content (AvgIpc) is 2.84. The smallest absolute Gasteiger partial charge is 0.348 e. The Bertz CT molecular complexity index is 746. The number of carbonyl (C=O) groups is 3. The maximum absolute atomic E-state index is 12.8. The van der Waals surface area contributed by atoms with Crippen molar-refractivity contribution in [2.24, 2.45) is 11.7 Å². The van der Waals surface area contributed by atoms with Crippen molar-refractivity contribution in [2.75, 3.05) is 0 Å². The Morgan fingerprint density at radius 2 is 1.34 bits per heavy atom. The van der Waals surface area contributed by atoms with E-state index in [4.69, 9.17) is 15.2 Å². The van der Waals surface area contributed by atoms with Crippen LogP contribution in [0.4, 0.5) is 0 Å². The molecule has 0 spiro atoms. The lowest BCUT2D eigenvalue weighted by atomic mass is 9.96. The first kappa shape index (κ1) is 30.7. The lowest BCUT2D eigenvalue weighted by molar-refractivity contribution is -0.163. The molecule has 0 saturated carbocycles. The van der Waals surface area contributed by atoms with Gasteiger partial charge in [0.25, 0.3) is 5.91 Å². The summed E-state index contributed by atoms with van der Waals surface area (Å²) < 4.78 is 11.3. The molecule has 0 aliphatic heterocycles. The lowest BCUT2D eigenvalue weighted by Crippen LogP contribution is -2.40. The summed E-state index contributed by atoms with van der Waals surface area (Å²) >= 11 is 0. The zero-order valence-corrected chi connectivity index (χ0v) is 22.4. The second kappa shape index (κ2) is 18.0. The van der Waals surface area contributed by atoms with Crippen LogP contribution < -0.4 is 10.5 Å². The highest BCUT2D eigenvalue weighted by Gasteiger charge is 2.31. The van der Waals surface area contributed by atoms with Crippen molar-refractivity contribution in [1.29, 1.82) is 0 Å². The zero-order chi connectivity index (χ0) is 26.1. The Morgan fingerprint density at radius 1 is 0.800 bits per heavy atom. The van der Waals surface area contributed by atoms with Gasteiger partial charge in [0, 0.05) is 17.9 Å². The highest BCUT2D eigenvalue weighted by molar-refractivity contribution is 5.96. The van der Waals surface area contributed by atoms with Crippen LogP contribution in [-0.2, 0) is 14.3 Å². The summed E-state index contributed by atoms with van der Waals surface area (Å²) in [5, 5.41) is 0. The van der Waals surface area contributed by atoms with Crippen molar-refractivity contribution in [3.05, 3.63) is 29.8 Å². The van der Waals surface area contributed by atoms with Gasteiger partial charge in [-0.15, -0.1) is 0 Å². The van der Waals surface area contributed by atoms with Gasteiger partial charge in [0.1, 0.15) is 5.75 Å². The number of rotatable bonds is 20. The van der Waals surface area contributed by atoms with Crippen LogP contribution in [0.15, 0.2) is 24.3 Å². The van der Waals surface area contributed by atoms with Crippen LogP contribution in [0.25, 0.3) is 0 Å². The topological polar surface area (TPSA) is 95.7 Å². The molecule has 0 aliphatic carbocycles. The fraction of sp³-hybridized carbons (Fsp3) is 0.690. The minimum absolute atomic E-state index is 0.0989. The standard InChI is InChI=1S/C29H47NO5/c1-5-7-9-11-13-14-16-22(3)27(29(33)34-23(4)28(30)32)35-25-20-18-24(19-21-25)26(31)17-15-12-10-8-6-2/h18-23,27H,5-17H2,1-4H3,(H2,30,32). The third-order valence-corrected chi connectivity index (χ3v) is 6.40. The molecule has 35 heavy (non-hydrogen) atoms. The van der Waals surface area contributed by atoms with Crippen LogP contribution in [0.2, 0.25) is 0 Å². The molecule has 6 heteroatoms. The normalized spacial score (nSPS) is 13.6. The van der Waals surface area contributed by atoms with Gasteiger partial charge >= 0.3 is 5.97 Å². The van der Waals surface area contributed by atoms with Gasteiger partial charge in [0.05, 0.1) is 0 Å². The Kier molecular flexibility index (Phi) is 15.7. The van der Waals surface area contributed by atoms with Crippen molar-refractivity contribution in [1.82, 2.24) is 0 Å². The van der Waals surface area contributed by atoms with Gasteiger partial charge in [0.15, 0.2) is 18.0 Å². The Labute approximate surface area is 212 Å². The fourth-order valence-electron chi connectivity index (χ4n) is 3.99. The number of Topliss-reactive ketones (excluding diaryl/α,β-unsaturated/α-hetero) is 1. The summed E-state index contributed by atoms with van der Waals surface area (Å²) in [4.78, 5) is 36.7. The maximum Gasteiger partial charge on any atom is 0.348 e. The number of hydrogen-bond donors (Lipinski definition) is 1. The molecule has 0 heterocycles. The summed E-state index contributed by atoms with van der Waals surface area (Å²) in [6, 6.07) is 6.94. The third-order valence-electron chi connectivity index (χ3n) is 6.40. The summed E-state index contributed by atoms with van der Waals surface area (Å²) in [6.45, 7) is 7.79. The molecule has 3 atom stereocenters. The minimum atomic E-state index is -1.02. The van der Waals surface area contributed by atoms with Gasteiger partial charge in [-0.05, 0) is 44.0 Å². The van der Waals surface area contributed by atoms with Gasteiger partial charge in [-0.3, -0.25) is 9.59 Å². The van der Waals surface area contributed by atoms with E-state index in [1.54, 1.807) is 24.3 Å². The average molecular weight is 490 g/mol. The minimum Gasteiger partial charge on any atom is -0.478 e. The molecule has 1 aromatic carbocycles. The van der Waals surface area contributed by atoms with E-state index in [9.17, 15) is 14.4 Å². The van der Waals surface area contributed by atoms with Gasteiger partial charge in [0.2, 0.25) is 0 Å². The van der Waals surface area contributed by atoms with E-state index in [-0.39, 0.29) is 11.7 Å². The molecule has 0 fully saturated rings. The molecular formula is C29H47NO5. The van der Waals surface area contributed by atoms with Crippen molar-refractivity contribution in [3.8, 4) is 5.75 Å². The summed E-state index contributed by atoms with van der Waals surface area (Å²) in [5.41, 5.74) is 5.91. The molecule has 1 amide bonds. The number of amides is 1. The van der Waals surface area contributed by atoms with E-state index in [1.165, 1.54) is 51.9 Å². The number of ketones is 1. The molecule has 0 bridgehead atoms. The van der Waals surface area contributed by atoms with E-state index in [1.807, 2.05) is 6.92 Å². The Balaban J connectivity index is 2.74. The van der Waals surface area contributed by atoms with Crippen LogP contribution >= 0.6 is 0 Å². The molecule has 2 N–H and O–H groups in total. The van der Waals surface area contributed by atoms with E-state index >= 15 is 0 Å². The number of carbonyl (C=O) groups excluding carboxylic acids is 3. The van der Waals surface area contributed by atoms with Crippen LogP contribution in [0.5, 0.6) is 5.75 Å². The Hall–Kier alpha value is -2.37. The fourth-order valence-corrected chi connectivity index (χ4v) is 3.99. The second-order valence-corrected chi connectivity index (χ2v) is 9.67. The van der Waals surface area contributed by atoms with E-state index < -0.39 is 24.1 Å². The van der Waals surface area contributed by atoms with Crippen molar-refractivity contribution < 1.29 is 23.9 Å². The second-order valence-electron chi connectivity index (χ2n) is 9.67. The first-order valence-corrected chi connectivity index (χ1v) is 13.6. The molecule has 0 radical (unpaired) electrons. The molecule has 3 unspecified atom stereocenters. The van der Waals surface area contributed by atoms with E-state index in [0.717, 1.165) is 32.1 Å². The predicted molar refractivity (Wildman–Crippen MR) is 140 cm³/mol. The third kappa shape index (κ3) is 12.8. The van der Waals surface area contributed by atoms with Crippen LogP contribution in [0.1, 0.15) is 122 Å². The number of hydrogen-bond acceptors (Lipinski definition) is 5. The molecule has 0 saturated heterocycles. The van der Waals surface area contributed by atoms with Crippen LogP contribution in [0, 0.1) is 5.92 Å².